The summed E-state index contributed by atoms with van der Waals surface area (Å²) in [6.45, 7) is 2.17. The molecule has 1 unspecified atom stereocenters. The van der Waals surface area contributed by atoms with E-state index in [4.69, 9.17) is 10.5 Å². The number of aryl methyl sites for hydroxylation is 1. The molecule has 0 spiro atoms. The van der Waals surface area contributed by atoms with Crippen molar-refractivity contribution in [2.24, 2.45) is 5.73 Å². The summed E-state index contributed by atoms with van der Waals surface area (Å²) in [7, 11) is 0. The van der Waals surface area contributed by atoms with Gasteiger partial charge in [-0.3, -0.25) is 0 Å². The molecule has 2 aromatic rings. The molecule has 2 atom stereocenters. The van der Waals surface area contributed by atoms with Crippen molar-refractivity contribution in [3.8, 4) is 5.75 Å². The Morgan fingerprint density at radius 1 is 1.24 bits per heavy atom. The average molecular weight is 346 g/mol. The monoisotopic (exact) mass is 345 g/mol. The molecule has 0 fully saturated rings. The van der Waals surface area contributed by atoms with E-state index in [0.717, 1.165) is 35.0 Å². The molecule has 21 heavy (non-hydrogen) atoms. The predicted molar refractivity (Wildman–Crippen MR) is 89.5 cm³/mol. The Kier molecular flexibility index (Phi) is 4.05. The van der Waals surface area contributed by atoms with Crippen molar-refractivity contribution in [2.75, 3.05) is 0 Å². The average Bonchev–Trinajstić information content (AvgIpc) is 2.46. The number of fused-ring (bicyclic) bond motifs is 1. The number of benzene rings is 2. The highest BCUT2D eigenvalue weighted by Crippen LogP contribution is 2.41. The van der Waals surface area contributed by atoms with Crippen LogP contribution in [0.15, 0.2) is 53.0 Å². The van der Waals surface area contributed by atoms with E-state index in [9.17, 15) is 0 Å². The van der Waals surface area contributed by atoms with E-state index in [0.29, 0.717) is 0 Å². The topological polar surface area (TPSA) is 35.2 Å². The summed E-state index contributed by atoms with van der Waals surface area (Å²) in [5.74, 6) is 0.915. The van der Waals surface area contributed by atoms with Crippen LogP contribution >= 0.6 is 15.9 Å². The third-order valence-electron chi connectivity index (χ3n) is 4.17. The van der Waals surface area contributed by atoms with Crippen molar-refractivity contribution >= 4 is 15.9 Å². The molecule has 0 radical (unpaired) electrons. The van der Waals surface area contributed by atoms with Gasteiger partial charge in [-0.25, -0.2) is 0 Å². The first-order chi connectivity index (χ1) is 10.1. The smallest absolute Gasteiger partial charge is 0.126 e. The van der Waals surface area contributed by atoms with Gasteiger partial charge < -0.3 is 10.5 Å². The van der Waals surface area contributed by atoms with Crippen LogP contribution in [0.5, 0.6) is 5.75 Å². The van der Waals surface area contributed by atoms with Crippen LogP contribution in [-0.2, 0) is 6.42 Å². The molecule has 0 aromatic heterocycles. The number of halogens is 1. The molecule has 0 amide bonds. The number of nitrogens with two attached hydrogens (primary N) is 1. The SMILES string of the molecule is CC1(CCc2ccccc2)C[C@H](N)c2ccc(Br)cc2O1. The zero-order valence-corrected chi connectivity index (χ0v) is 13.8. The lowest BCUT2D eigenvalue weighted by molar-refractivity contribution is 0.0458. The van der Waals surface area contributed by atoms with Crippen molar-refractivity contribution in [2.45, 2.75) is 37.8 Å². The van der Waals surface area contributed by atoms with Gasteiger partial charge in [0.15, 0.2) is 0 Å². The van der Waals surface area contributed by atoms with Crippen LogP contribution in [0.4, 0.5) is 0 Å². The molecular formula is C18H20BrNO. The zero-order valence-electron chi connectivity index (χ0n) is 12.2. The molecule has 2 N–H and O–H groups in total. The van der Waals surface area contributed by atoms with Crippen molar-refractivity contribution < 1.29 is 4.74 Å². The van der Waals surface area contributed by atoms with E-state index in [1.54, 1.807) is 0 Å². The number of hydrogen-bond acceptors (Lipinski definition) is 2. The first-order valence-corrected chi connectivity index (χ1v) is 8.13. The van der Waals surface area contributed by atoms with Crippen LogP contribution in [0.25, 0.3) is 0 Å². The van der Waals surface area contributed by atoms with Crippen LogP contribution in [0.3, 0.4) is 0 Å². The van der Waals surface area contributed by atoms with Crippen LogP contribution in [-0.4, -0.2) is 5.60 Å². The largest absolute Gasteiger partial charge is 0.487 e. The number of rotatable bonds is 3. The van der Waals surface area contributed by atoms with Gasteiger partial charge >= 0.3 is 0 Å². The summed E-state index contributed by atoms with van der Waals surface area (Å²) in [6.07, 6.45) is 2.83. The third-order valence-corrected chi connectivity index (χ3v) is 4.66. The molecule has 110 valence electrons. The van der Waals surface area contributed by atoms with E-state index in [2.05, 4.69) is 53.2 Å². The van der Waals surface area contributed by atoms with E-state index in [1.165, 1.54) is 5.56 Å². The Labute approximate surface area is 134 Å². The minimum Gasteiger partial charge on any atom is -0.487 e. The van der Waals surface area contributed by atoms with E-state index in [1.807, 2.05) is 18.2 Å². The molecule has 0 saturated carbocycles. The van der Waals surface area contributed by atoms with Gasteiger partial charge in [0.2, 0.25) is 0 Å². The Balaban J connectivity index is 1.77. The first-order valence-electron chi connectivity index (χ1n) is 7.34. The normalized spacial score (nSPS) is 24.2. The molecule has 2 nitrogen and oxygen atoms in total. The quantitative estimate of drug-likeness (QED) is 0.880. The van der Waals surface area contributed by atoms with Crippen molar-refractivity contribution in [1.82, 2.24) is 0 Å². The lowest BCUT2D eigenvalue weighted by Crippen LogP contribution is -2.40. The second-order valence-electron chi connectivity index (χ2n) is 6.03. The second kappa shape index (κ2) is 5.82. The zero-order chi connectivity index (χ0) is 14.9. The van der Waals surface area contributed by atoms with Gasteiger partial charge in [-0.1, -0.05) is 52.3 Å². The van der Waals surface area contributed by atoms with Gasteiger partial charge in [0.1, 0.15) is 11.4 Å². The van der Waals surface area contributed by atoms with Gasteiger partial charge in [-0.05, 0) is 37.5 Å². The predicted octanol–water partition coefficient (Wildman–Crippen LogP) is 4.62. The maximum absolute atomic E-state index is 6.35. The lowest BCUT2D eigenvalue weighted by Gasteiger charge is -2.39. The highest BCUT2D eigenvalue weighted by atomic mass is 79.9. The fourth-order valence-corrected chi connectivity index (χ4v) is 3.33. The Bertz CT molecular complexity index is 628. The second-order valence-corrected chi connectivity index (χ2v) is 6.95. The van der Waals surface area contributed by atoms with Gasteiger partial charge in [0.25, 0.3) is 0 Å². The number of ether oxygens (including phenoxy) is 1. The molecule has 3 rings (SSSR count). The fourth-order valence-electron chi connectivity index (χ4n) is 2.99. The highest BCUT2D eigenvalue weighted by molar-refractivity contribution is 9.10. The summed E-state index contributed by atoms with van der Waals surface area (Å²) >= 11 is 3.50. The number of hydrogen-bond donors (Lipinski definition) is 1. The maximum atomic E-state index is 6.35. The van der Waals surface area contributed by atoms with Crippen molar-refractivity contribution in [3.05, 3.63) is 64.1 Å². The fraction of sp³-hybridized carbons (Fsp3) is 0.333. The Morgan fingerprint density at radius 3 is 2.76 bits per heavy atom. The summed E-state index contributed by atoms with van der Waals surface area (Å²) in [5.41, 5.74) is 8.59. The summed E-state index contributed by atoms with van der Waals surface area (Å²) < 4.78 is 7.31. The summed E-state index contributed by atoms with van der Waals surface area (Å²) in [4.78, 5) is 0. The molecule has 1 aliphatic heterocycles. The molecule has 1 aliphatic rings. The van der Waals surface area contributed by atoms with Crippen LogP contribution in [0.2, 0.25) is 0 Å². The van der Waals surface area contributed by atoms with Gasteiger partial charge in [-0.15, -0.1) is 0 Å². The lowest BCUT2D eigenvalue weighted by atomic mass is 9.85. The highest BCUT2D eigenvalue weighted by Gasteiger charge is 2.35. The van der Waals surface area contributed by atoms with Crippen molar-refractivity contribution in [1.29, 1.82) is 0 Å². The molecule has 0 saturated heterocycles. The standard InChI is InChI=1S/C18H20BrNO/c1-18(10-9-13-5-3-2-4-6-13)12-16(20)15-8-7-14(19)11-17(15)21-18/h2-8,11,16H,9-10,12,20H2,1H3/t16-,18?/m0/s1. The third kappa shape index (κ3) is 3.30. The van der Waals surface area contributed by atoms with E-state index in [-0.39, 0.29) is 11.6 Å². The van der Waals surface area contributed by atoms with Crippen LogP contribution in [0, 0.1) is 0 Å². The molecule has 0 aliphatic carbocycles. The molecule has 3 heteroatoms. The minimum absolute atomic E-state index is 0.0441. The maximum Gasteiger partial charge on any atom is 0.126 e. The van der Waals surface area contributed by atoms with E-state index < -0.39 is 0 Å². The van der Waals surface area contributed by atoms with Crippen LogP contribution < -0.4 is 10.5 Å². The van der Waals surface area contributed by atoms with Crippen LogP contribution in [0.1, 0.15) is 36.9 Å². The molecular weight excluding hydrogens is 326 g/mol. The molecule has 1 heterocycles. The Hall–Kier alpha value is -1.32. The summed E-state index contributed by atoms with van der Waals surface area (Å²) in [6, 6.07) is 16.7. The first kappa shape index (κ1) is 14.6. The van der Waals surface area contributed by atoms with Gasteiger partial charge in [-0.2, -0.15) is 0 Å². The molecule has 2 aromatic carbocycles. The van der Waals surface area contributed by atoms with Gasteiger partial charge in [0.05, 0.1) is 0 Å². The Morgan fingerprint density at radius 2 is 2.00 bits per heavy atom. The summed E-state index contributed by atoms with van der Waals surface area (Å²) in [5, 5.41) is 0. The minimum atomic E-state index is -0.205. The van der Waals surface area contributed by atoms with Gasteiger partial charge in [0, 0.05) is 22.5 Å². The molecule has 0 bridgehead atoms. The van der Waals surface area contributed by atoms with Crippen molar-refractivity contribution in [3.63, 3.8) is 0 Å². The van der Waals surface area contributed by atoms with E-state index >= 15 is 0 Å².